The van der Waals surface area contributed by atoms with Crippen LogP contribution in [0.3, 0.4) is 0 Å². The van der Waals surface area contributed by atoms with Gasteiger partial charge in [0.05, 0.1) is 7.11 Å². The van der Waals surface area contributed by atoms with Crippen molar-refractivity contribution in [3.05, 3.63) is 87.4 Å². The first-order chi connectivity index (χ1) is 13.5. The van der Waals surface area contributed by atoms with Crippen molar-refractivity contribution in [2.75, 3.05) is 12.4 Å². The maximum absolute atomic E-state index is 12.7. The van der Waals surface area contributed by atoms with Crippen LogP contribution in [0, 0.1) is 6.92 Å². The largest absolute Gasteiger partial charge is 0.496 e. The molecule has 0 atom stereocenters. The van der Waals surface area contributed by atoms with E-state index >= 15 is 0 Å². The normalized spacial score (nSPS) is 10.6. The van der Waals surface area contributed by atoms with Crippen molar-refractivity contribution >= 4 is 46.6 Å². The number of hydrogen-bond donors (Lipinski definition) is 1. The number of halogens is 2. The molecule has 0 unspecified atom stereocenters. The third-order valence-electron chi connectivity index (χ3n) is 4.19. The molecule has 3 nitrogen and oxygen atoms in total. The zero-order valence-corrected chi connectivity index (χ0v) is 17.8. The summed E-state index contributed by atoms with van der Waals surface area (Å²) in [5, 5.41) is 4.29. The Balaban J connectivity index is 1.77. The molecule has 0 aliphatic carbocycles. The number of methoxy groups -OCH3 is 1. The van der Waals surface area contributed by atoms with E-state index in [4.69, 9.17) is 27.9 Å². The van der Waals surface area contributed by atoms with E-state index in [1.807, 2.05) is 49.4 Å². The molecule has 0 saturated heterocycles. The maximum Gasteiger partial charge on any atom is 0.255 e. The van der Waals surface area contributed by atoms with E-state index < -0.39 is 0 Å². The highest BCUT2D eigenvalue weighted by Crippen LogP contribution is 2.30. The summed E-state index contributed by atoms with van der Waals surface area (Å²) in [7, 11) is 1.63. The summed E-state index contributed by atoms with van der Waals surface area (Å²) in [5.74, 6) is 1.25. The molecule has 0 heterocycles. The highest BCUT2D eigenvalue weighted by molar-refractivity contribution is 7.98. The Morgan fingerprint density at radius 3 is 2.39 bits per heavy atom. The van der Waals surface area contributed by atoms with Crippen LogP contribution < -0.4 is 10.1 Å². The zero-order chi connectivity index (χ0) is 20.1. The lowest BCUT2D eigenvalue weighted by Gasteiger charge is -2.12. The summed E-state index contributed by atoms with van der Waals surface area (Å²) < 4.78 is 5.46. The summed E-state index contributed by atoms with van der Waals surface area (Å²) in [6.45, 7) is 1.91. The average Bonchev–Trinajstić information content (AvgIpc) is 2.69. The van der Waals surface area contributed by atoms with Crippen molar-refractivity contribution < 1.29 is 9.53 Å². The second-order valence-electron chi connectivity index (χ2n) is 6.18. The van der Waals surface area contributed by atoms with Crippen LogP contribution in [0.2, 0.25) is 10.0 Å². The van der Waals surface area contributed by atoms with Crippen molar-refractivity contribution in [2.45, 2.75) is 17.6 Å². The Hall–Kier alpha value is -2.14. The highest BCUT2D eigenvalue weighted by Gasteiger charge is 2.12. The number of thioether (sulfide) groups is 1. The van der Waals surface area contributed by atoms with Gasteiger partial charge >= 0.3 is 0 Å². The van der Waals surface area contributed by atoms with Gasteiger partial charge in [0.25, 0.3) is 5.91 Å². The summed E-state index contributed by atoms with van der Waals surface area (Å²) in [4.78, 5) is 13.8. The third kappa shape index (κ3) is 5.22. The molecule has 0 aromatic heterocycles. The first kappa shape index (κ1) is 20.6. The maximum atomic E-state index is 12.7. The van der Waals surface area contributed by atoms with Crippen molar-refractivity contribution in [3.63, 3.8) is 0 Å². The SMILES string of the molecule is COc1ccc(C(=O)Nc2ccc(Cl)cc2C)cc1CSc1ccc(Cl)cc1. The molecule has 3 aromatic carbocycles. The summed E-state index contributed by atoms with van der Waals surface area (Å²) >= 11 is 13.6. The van der Waals surface area contributed by atoms with Gasteiger partial charge in [0, 0.05) is 37.5 Å². The molecule has 0 fully saturated rings. The van der Waals surface area contributed by atoms with E-state index in [0.717, 1.165) is 27.5 Å². The van der Waals surface area contributed by atoms with E-state index in [2.05, 4.69) is 5.32 Å². The van der Waals surface area contributed by atoms with Gasteiger partial charge in [-0.05, 0) is 73.2 Å². The van der Waals surface area contributed by atoms with Crippen LogP contribution in [0.1, 0.15) is 21.5 Å². The highest BCUT2D eigenvalue weighted by atomic mass is 35.5. The lowest BCUT2D eigenvalue weighted by Crippen LogP contribution is -2.13. The van der Waals surface area contributed by atoms with E-state index in [9.17, 15) is 4.79 Å². The van der Waals surface area contributed by atoms with Crippen LogP contribution in [0.5, 0.6) is 5.75 Å². The number of ether oxygens (including phenoxy) is 1. The Morgan fingerprint density at radius 2 is 1.71 bits per heavy atom. The molecule has 1 N–H and O–H groups in total. The summed E-state index contributed by atoms with van der Waals surface area (Å²) in [5.41, 5.74) is 3.17. The van der Waals surface area contributed by atoms with Gasteiger partial charge in [-0.2, -0.15) is 0 Å². The Morgan fingerprint density at radius 1 is 1.00 bits per heavy atom. The van der Waals surface area contributed by atoms with E-state index in [0.29, 0.717) is 21.4 Å². The number of rotatable bonds is 6. The molecule has 0 radical (unpaired) electrons. The number of anilines is 1. The molecule has 0 aliphatic heterocycles. The minimum Gasteiger partial charge on any atom is -0.496 e. The summed E-state index contributed by atoms with van der Waals surface area (Å²) in [6.07, 6.45) is 0. The molecule has 1 amide bonds. The minimum absolute atomic E-state index is 0.175. The molecule has 28 heavy (non-hydrogen) atoms. The van der Waals surface area contributed by atoms with Crippen LogP contribution in [-0.4, -0.2) is 13.0 Å². The second kappa shape index (κ2) is 9.37. The molecule has 3 rings (SSSR count). The van der Waals surface area contributed by atoms with Crippen molar-refractivity contribution in [3.8, 4) is 5.75 Å². The van der Waals surface area contributed by atoms with Gasteiger partial charge in [0.1, 0.15) is 5.75 Å². The molecule has 0 aliphatic rings. The second-order valence-corrected chi connectivity index (χ2v) is 8.10. The molecule has 0 saturated carbocycles. The zero-order valence-electron chi connectivity index (χ0n) is 15.5. The Kier molecular flexibility index (Phi) is 6.89. The van der Waals surface area contributed by atoms with E-state index in [1.165, 1.54) is 0 Å². The number of amides is 1. The number of carbonyl (C=O) groups is 1. The number of carbonyl (C=O) groups excluding carboxylic acids is 1. The fourth-order valence-corrected chi connectivity index (χ4v) is 3.92. The smallest absolute Gasteiger partial charge is 0.255 e. The quantitative estimate of drug-likeness (QED) is 0.433. The van der Waals surface area contributed by atoms with E-state index in [1.54, 1.807) is 37.1 Å². The van der Waals surface area contributed by atoms with Gasteiger partial charge in [-0.3, -0.25) is 4.79 Å². The van der Waals surface area contributed by atoms with Crippen LogP contribution in [-0.2, 0) is 5.75 Å². The molecule has 3 aromatic rings. The van der Waals surface area contributed by atoms with Gasteiger partial charge in [0.15, 0.2) is 0 Å². The predicted molar refractivity (Wildman–Crippen MR) is 118 cm³/mol. The lowest BCUT2D eigenvalue weighted by molar-refractivity contribution is 0.102. The number of aryl methyl sites for hydroxylation is 1. The van der Waals surface area contributed by atoms with Gasteiger partial charge in [-0.15, -0.1) is 11.8 Å². The number of hydrogen-bond acceptors (Lipinski definition) is 3. The molecule has 6 heteroatoms. The number of benzene rings is 3. The topological polar surface area (TPSA) is 38.3 Å². The van der Waals surface area contributed by atoms with Gasteiger partial charge < -0.3 is 10.1 Å². The molecular weight excluding hydrogens is 413 g/mol. The first-order valence-electron chi connectivity index (χ1n) is 8.59. The average molecular weight is 432 g/mol. The van der Waals surface area contributed by atoms with Crippen LogP contribution >= 0.6 is 35.0 Å². The Labute approximate surface area is 179 Å². The molecule has 144 valence electrons. The fourth-order valence-electron chi connectivity index (χ4n) is 2.69. The van der Waals surface area contributed by atoms with Crippen molar-refractivity contribution in [1.82, 2.24) is 0 Å². The summed E-state index contributed by atoms with van der Waals surface area (Å²) in [6, 6.07) is 18.5. The monoisotopic (exact) mass is 431 g/mol. The predicted octanol–water partition coefficient (Wildman–Crippen LogP) is 6.86. The third-order valence-corrected chi connectivity index (χ3v) is 5.74. The number of nitrogens with one attached hydrogen (secondary N) is 1. The van der Waals surface area contributed by atoms with E-state index in [-0.39, 0.29) is 5.91 Å². The van der Waals surface area contributed by atoms with Crippen molar-refractivity contribution in [1.29, 1.82) is 0 Å². The fraction of sp³-hybridized carbons (Fsp3) is 0.136. The Bertz CT molecular complexity index is 990. The molecule has 0 spiro atoms. The molecule has 0 bridgehead atoms. The van der Waals surface area contributed by atoms with Gasteiger partial charge in [-0.25, -0.2) is 0 Å². The first-order valence-corrected chi connectivity index (χ1v) is 10.3. The van der Waals surface area contributed by atoms with Crippen molar-refractivity contribution in [2.24, 2.45) is 0 Å². The van der Waals surface area contributed by atoms with Gasteiger partial charge in [0.2, 0.25) is 0 Å². The van der Waals surface area contributed by atoms with Gasteiger partial charge in [-0.1, -0.05) is 23.2 Å². The van der Waals surface area contributed by atoms with Crippen LogP contribution in [0.15, 0.2) is 65.6 Å². The minimum atomic E-state index is -0.175. The van der Waals surface area contributed by atoms with Crippen LogP contribution in [0.25, 0.3) is 0 Å². The standard InChI is InChI=1S/C22H19Cl2NO2S/c1-14-11-18(24)6-9-20(14)25-22(26)15-3-10-21(27-2)16(12-15)13-28-19-7-4-17(23)5-8-19/h3-12H,13H2,1-2H3,(H,25,26). The lowest BCUT2D eigenvalue weighted by atomic mass is 10.1. The molecular formula is C22H19Cl2NO2S. The van der Waals surface area contributed by atoms with Crippen LogP contribution in [0.4, 0.5) is 5.69 Å².